The van der Waals surface area contributed by atoms with Gasteiger partial charge in [0.15, 0.2) is 0 Å². The van der Waals surface area contributed by atoms with Crippen LogP contribution in [-0.4, -0.2) is 42.8 Å². The Kier molecular flexibility index (Phi) is 5.70. The first-order valence-electron chi connectivity index (χ1n) is 7.41. The van der Waals surface area contributed by atoms with Crippen molar-refractivity contribution in [1.29, 1.82) is 0 Å². The second-order valence-corrected chi connectivity index (χ2v) is 6.42. The van der Waals surface area contributed by atoms with Gasteiger partial charge in [0.1, 0.15) is 23.6 Å². The van der Waals surface area contributed by atoms with Gasteiger partial charge in [0.05, 0.1) is 5.69 Å². The standard InChI is InChI=1S/C15H21N3O4S/c1-18-12(19)5-3-4-11-13(18)9(8-22-11)15(21)17-10(14(16)20)6-7-23-2/h8,10H,3-7H2,1-2H3,(H2,16,20)(H,17,21)/t10-/m0/s1. The third kappa shape index (κ3) is 3.87. The Morgan fingerprint density at radius 3 is 2.87 bits per heavy atom. The number of hydrogen-bond donors (Lipinski definition) is 2. The normalized spacial score (nSPS) is 15.7. The monoisotopic (exact) mass is 339 g/mol. The van der Waals surface area contributed by atoms with Crippen LogP contribution in [0.4, 0.5) is 5.69 Å². The Morgan fingerprint density at radius 1 is 1.48 bits per heavy atom. The number of aryl methyl sites for hydroxylation is 1. The second kappa shape index (κ2) is 7.54. The van der Waals surface area contributed by atoms with Gasteiger partial charge < -0.3 is 20.4 Å². The van der Waals surface area contributed by atoms with Crippen LogP contribution in [0.1, 0.15) is 35.4 Å². The van der Waals surface area contributed by atoms with Crippen molar-refractivity contribution in [2.75, 3.05) is 24.0 Å². The first-order chi connectivity index (χ1) is 11.0. The van der Waals surface area contributed by atoms with E-state index in [0.717, 1.165) is 0 Å². The third-order valence-corrected chi connectivity index (χ3v) is 4.49. The van der Waals surface area contributed by atoms with E-state index in [1.807, 2.05) is 6.26 Å². The minimum atomic E-state index is -0.743. The quantitative estimate of drug-likeness (QED) is 0.801. The summed E-state index contributed by atoms with van der Waals surface area (Å²) in [6.07, 6.45) is 5.40. The molecule has 3 N–H and O–H groups in total. The van der Waals surface area contributed by atoms with Crippen LogP contribution in [0.3, 0.4) is 0 Å². The maximum Gasteiger partial charge on any atom is 0.257 e. The van der Waals surface area contributed by atoms with E-state index in [9.17, 15) is 14.4 Å². The van der Waals surface area contributed by atoms with Crippen molar-refractivity contribution in [1.82, 2.24) is 5.32 Å². The summed E-state index contributed by atoms with van der Waals surface area (Å²) in [6.45, 7) is 0. The molecular weight excluding hydrogens is 318 g/mol. The number of furan rings is 1. The van der Waals surface area contributed by atoms with Gasteiger partial charge in [0.2, 0.25) is 11.8 Å². The van der Waals surface area contributed by atoms with E-state index in [1.54, 1.807) is 18.8 Å². The van der Waals surface area contributed by atoms with Gasteiger partial charge in [-0.25, -0.2) is 0 Å². The Morgan fingerprint density at radius 2 is 2.22 bits per heavy atom. The van der Waals surface area contributed by atoms with Crippen molar-refractivity contribution < 1.29 is 18.8 Å². The number of nitrogens with one attached hydrogen (secondary N) is 1. The molecule has 23 heavy (non-hydrogen) atoms. The number of primary amides is 1. The topological polar surface area (TPSA) is 106 Å². The van der Waals surface area contributed by atoms with E-state index in [2.05, 4.69) is 5.32 Å². The molecule has 1 atom stereocenters. The lowest BCUT2D eigenvalue weighted by molar-refractivity contribution is -0.120. The lowest BCUT2D eigenvalue weighted by Gasteiger charge is -2.18. The van der Waals surface area contributed by atoms with Crippen LogP contribution in [0.15, 0.2) is 10.7 Å². The molecule has 0 saturated heterocycles. The number of carbonyl (C=O) groups excluding carboxylic acids is 3. The van der Waals surface area contributed by atoms with Crippen molar-refractivity contribution in [3.05, 3.63) is 17.6 Å². The maximum absolute atomic E-state index is 12.5. The highest BCUT2D eigenvalue weighted by Gasteiger charge is 2.29. The van der Waals surface area contributed by atoms with Crippen LogP contribution >= 0.6 is 11.8 Å². The number of hydrogen-bond acceptors (Lipinski definition) is 5. The van der Waals surface area contributed by atoms with Crippen LogP contribution in [-0.2, 0) is 16.0 Å². The van der Waals surface area contributed by atoms with E-state index in [1.165, 1.54) is 11.2 Å². The highest BCUT2D eigenvalue weighted by Crippen LogP contribution is 2.31. The summed E-state index contributed by atoms with van der Waals surface area (Å²) < 4.78 is 5.46. The van der Waals surface area contributed by atoms with Crippen LogP contribution in [0.5, 0.6) is 0 Å². The van der Waals surface area contributed by atoms with E-state index in [0.29, 0.717) is 42.9 Å². The minimum absolute atomic E-state index is 0.0620. The summed E-state index contributed by atoms with van der Waals surface area (Å²) in [6, 6.07) is -0.743. The van der Waals surface area contributed by atoms with Gasteiger partial charge in [0.25, 0.3) is 5.91 Å². The Hall–Kier alpha value is -1.96. The number of amides is 3. The fourth-order valence-electron chi connectivity index (χ4n) is 2.55. The number of thioether (sulfide) groups is 1. The molecule has 0 radical (unpaired) electrons. The summed E-state index contributed by atoms with van der Waals surface area (Å²) >= 11 is 1.57. The van der Waals surface area contributed by atoms with Crippen LogP contribution in [0, 0.1) is 0 Å². The van der Waals surface area contributed by atoms with Gasteiger partial charge >= 0.3 is 0 Å². The molecule has 1 aromatic rings. The number of nitrogens with two attached hydrogens (primary N) is 1. The molecule has 8 heteroatoms. The molecule has 1 aliphatic rings. The van der Waals surface area contributed by atoms with E-state index < -0.39 is 17.9 Å². The molecule has 0 aromatic carbocycles. The first kappa shape index (κ1) is 17.4. The van der Waals surface area contributed by atoms with Gasteiger partial charge in [-0.05, 0) is 24.9 Å². The molecule has 0 spiro atoms. The minimum Gasteiger partial charge on any atom is -0.466 e. The molecule has 0 bridgehead atoms. The number of rotatable bonds is 6. The molecule has 1 aromatic heterocycles. The highest BCUT2D eigenvalue weighted by molar-refractivity contribution is 7.98. The Labute approximate surface area is 138 Å². The first-order valence-corrected chi connectivity index (χ1v) is 8.81. The van der Waals surface area contributed by atoms with Gasteiger partial charge in [-0.2, -0.15) is 11.8 Å². The molecule has 3 amide bonds. The molecule has 0 aliphatic carbocycles. The van der Waals surface area contributed by atoms with Gasteiger partial charge in [-0.15, -0.1) is 0 Å². The SMILES string of the molecule is CSCC[C@H](NC(=O)c1coc2c1N(C)C(=O)CCC2)C(N)=O. The summed E-state index contributed by atoms with van der Waals surface area (Å²) in [5, 5.41) is 2.63. The van der Waals surface area contributed by atoms with Gasteiger partial charge in [-0.3, -0.25) is 14.4 Å². The Balaban J connectivity index is 2.21. The largest absolute Gasteiger partial charge is 0.466 e. The van der Waals surface area contributed by atoms with Crippen molar-refractivity contribution in [2.24, 2.45) is 5.73 Å². The summed E-state index contributed by atoms with van der Waals surface area (Å²) in [4.78, 5) is 37.4. The molecule has 2 heterocycles. The predicted molar refractivity (Wildman–Crippen MR) is 88.5 cm³/mol. The maximum atomic E-state index is 12.5. The predicted octanol–water partition coefficient (Wildman–Crippen LogP) is 0.915. The number of nitrogens with zero attached hydrogens (tertiary/aromatic N) is 1. The molecule has 0 saturated carbocycles. The average Bonchev–Trinajstić information content (AvgIpc) is 2.88. The van der Waals surface area contributed by atoms with Crippen molar-refractivity contribution in [3.63, 3.8) is 0 Å². The lowest BCUT2D eigenvalue weighted by atomic mass is 10.1. The summed E-state index contributed by atoms with van der Waals surface area (Å²) in [5.74, 6) is 0.222. The molecule has 0 unspecified atom stereocenters. The smallest absolute Gasteiger partial charge is 0.257 e. The van der Waals surface area contributed by atoms with Gasteiger partial charge in [-0.1, -0.05) is 0 Å². The fourth-order valence-corrected chi connectivity index (χ4v) is 3.02. The highest BCUT2D eigenvalue weighted by atomic mass is 32.2. The van der Waals surface area contributed by atoms with Gasteiger partial charge in [0, 0.05) is 19.9 Å². The molecule has 2 rings (SSSR count). The summed E-state index contributed by atoms with van der Waals surface area (Å²) in [7, 11) is 1.62. The van der Waals surface area contributed by atoms with Crippen LogP contribution < -0.4 is 16.0 Å². The van der Waals surface area contributed by atoms with Crippen molar-refractivity contribution in [2.45, 2.75) is 31.7 Å². The van der Waals surface area contributed by atoms with E-state index in [-0.39, 0.29) is 11.5 Å². The van der Waals surface area contributed by atoms with E-state index >= 15 is 0 Å². The number of carbonyl (C=O) groups is 3. The Bertz CT molecular complexity index is 614. The molecule has 7 nitrogen and oxygen atoms in total. The zero-order chi connectivity index (χ0) is 17.0. The molecular formula is C15H21N3O4S. The fraction of sp³-hybridized carbons (Fsp3) is 0.533. The number of anilines is 1. The van der Waals surface area contributed by atoms with Crippen LogP contribution in [0.2, 0.25) is 0 Å². The third-order valence-electron chi connectivity index (χ3n) is 3.85. The van der Waals surface area contributed by atoms with Crippen molar-refractivity contribution >= 4 is 35.2 Å². The molecule has 1 aliphatic heterocycles. The second-order valence-electron chi connectivity index (χ2n) is 5.44. The average molecular weight is 339 g/mol. The molecule has 0 fully saturated rings. The van der Waals surface area contributed by atoms with E-state index in [4.69, 9.17) is 10.2 Å². The van der Waals surface area contributed by atoms with Crippen LogP contribution in [0.25, 0.3) is 0 Å². The van der Waals surface area contributed by atoms with Crippen molar-refractivity contribution in [3.8, 4) is 0 Å². The lowest BCUT2D eigenvalue weighted by Crippen LogP contribution is -2.45. The number of fused-ring (bicyclic) bond motifs is 1. The molecule has 126 valence electrons. The zero-order valence-electron chi connectivity index (χ0n) is 13.3. The zero-order valence-corrected chi connectivity index (χ0v) is 14.1. The summed E-state index contributed by atoms with van der Waals surface area (Å²) in [5.41, 5.74) is 6.08.